The van der Waals surface area contributed by atoms with Gasteiger partial charge in [0.15, 0.2) is 11.9 Å². The lowest BCUT2D eigenvalue weighted by Gasteiger charge is -2.21. The van der Waals surface area contributed by atoms with Crippen LogP contribution in [0.1, 0.15) is 11.3 Å². The maximum Gasteiger partial charge on any atom is 0.490 e. The largest absolute Gasteiger partial charge is 0.490 e. The van der Waals surface area contributed by atoms with E-state index in [4.69, 9.17) is 5.73 Å². The molecule has 1 aliphatic rings. The van der Waals surface area contributed by atoms with E-state index in [0.717, 1.165) is 4.90 Å². The molecular weight excluding hydrogens is 467 g/mol. The molecule has 4 rings (SSSR count). The smallest absolute Gasteiger partial charge is 0.449 e. The number of hydrogen-bond acceptors (Lipinski definition) is 8. The number of aryl methyl sites for hydroxylation is 1. The van der Waals surface area contributed by atoms with Gasteiger partial charge < -0.3 is 20.5 Å². The second kappa shape index (κ2) is 8.52. The summed E-state index contributed by atoms with van der Waals surface area (Å²) in [6.45, 7) is 1.32. The van der Waals surface area contributed by atoms with E-state index >= 15 is 0 Å². The van der Waals surface area contributed by atoms with Crippen LogP contribution in [-0.2, 0) is 14.3 Å². The van der Waals surface area contributed by atoms with Crippen LogP contribution in [0.2, 0.25) is 0 Å². The van der Waals surface area contributed by atoms with E-state index in [1.807, 2.05) is 0 Å². The van der Waals surface area contributed by atoms with Crippen LogP contribution in [0.4, 0.5) is 18.9 Å². The van der Waals surface area contributed by atoms with E-state index in [2.05, 4.69) is 31.5 Å². The minimum atomic E-state index is -5.29. The van der Waals surface area contributed by atoms with Crippen molar-refractivity contribution >= 4 is 28.5 Å². The van der Waals surface area contributed by atoms with Gasteiger partial charge in [-0.05, 0) is 25.0 Å². The molecule has 3 aromatic rings. The number of aliphatic hydroxyl groups is 1. The summed E-state index contributed by atoms with van der Waals surface area (Å²) in [5.74, 6) is 1.71. The van der Waals surface area contributed by atoms with Crippen molar-refractivity contribution in [3.8, 4) is 23.2 Å². The quantitative estimate of drug-likeness (QED) is 0.414. The summed E-state index contributed by atoms with van der Waals surface area (Å²) in [7, 11) is 1.25. The standard InChI is InChI=1S/C23H18F3N5O4/c1-12-18-15(27)9-28-10-16(18)30-19(29-12)14-5-3-4-13(8-14)6-7-22(34)17(11-31(2)20(22)32)35-21(33)23(24,25)26/h3-5,8-10,17,34H,11,27H2,1-2H3/t17?,22-/m1/s1. The first-order chi connectivity index (χ1) is 16.4. The van der Waals surface area contributed by atoms with Crippen LogP contribution in [0, 0.1) is 18.8 Å². The number of alkyl halides is 3. The number of nitrogens with two attached hydrogens (primary N) is 1. The monoisotopic (exact) mass is 485 g/mol. The third kappa shape index (κ3) is 4.45. The Morgan fingerprint density at radius 3 is 2.77 bits per heavy atom. The first kappa shape index (κ1) is 23.9. The van der Waals surface area contributed by atoms with E-state index in [1.54, 1.807) is 37.4 Å². The lowest BCUT2D eigenvalue weighted by Crippen LogP contribution is -2.47. The third-order valence-corrected chi connectivity index (χ3v) is 5.39. The van der Waals surface area contributed by atoms with Crippen molar-refractivity contribution in [2.75, 3.05) is 19.3 Å². The summed E-state index contributed by atoms with van der Waals surface area (Å²) >= 11 is 0. The maximum absolute atomic E-state index is 12.6. The average Bonchev–Trinajstić information content (AvgIpc) is 3.01. The third-order valence-electron chi connectivity index (χ3n) is 5.39. The Hall–Kier alpha value is -4.24. The summed E-state index contributed by atoms with van der Waals surface area (Å²) in [4.78, 5) is 37.6. The highest BCUT2D eigenvalue weighted by Gasteiger charge is 2.56. The van der Waals surface area contributed by atoms with Gasteiger partial charge in [0, 0.05) is 23.6 Å². The Morgan fingerprint density at radius 2 is 2.06 bits per heavy atom. The van der Waals surface area contributed by atoms with Gasteiger partial charge in [0.1, 0.15) is 0 Å². The lowest BCUT2D eigenvalue weighted by molar-refractivity contribution is -0.209. The van der Waals surface area contributed by atoms with E-state index in [9.17, 15) is 27.9 Å². The zero-order chi connectivity index (χ0) is 25.5. The number of ether oxygens (including phenoxy) is 1. The van der Waals surface area contributed by atoms with Gasteiger partial charge >= 0.3 is 12.1 Å². The molecule has 2 atom stereocenters. The van der Waals surface area contributed by atoms with E-state index in [-0.39, 0.29) is 0 Å². The number of carbonyl (C=O) groups is 2. The summed E-state index contributed by atoms with van der Waals surface area (Å²) < 4.78 is 42.3. The van der Waals surface area contributed by atoms with E-state index < -0.39 is 36.3 Å². The van der Waals surface area contributed by atoms with Crippen LogP contribution in [0.5, 0.6) is 0 Å². The van der Waals surface area contributed by atoms with Crippen LogP contribution in [0.25, 0.3) is 22.3 Å². The van der Waals surface area contributed by atoms with Gasteiger partial charge in [-0.2, -0.15) is 13.2 Å². The molecule has 12 heteroatoms. The number of carbonyl (C=O) groups excluding carboxylic acids is 2. The van der Waals surface area contributed by atoms with Crippen molar-refractivity contribution in [2.45, 2.75) is 24.8 Å². The highest BCUT2D eigenvalue weighted by molar-refractivity contribution is 5.93. The number of likely N-dealkylation sites (tertiary alicyclic amines) is 1. The fourth-order valence-corrected chi connectivity index (χ4v) is 3.68. The molecule has 180 valence electrons. The number of nitrogens with zero attached hydrogens (tertiary/aromatic N) is 4. The molecule has 0 aliphatic carbocycles. The van der Waals surface area contributed by atoms with Crippen LogP contribution in [0.3, 0.4) is 0 Å². The summed E-state index contributed by atoms with van der Waals surface area (Å²) in [5.41, 5.74) is 5.77. The highest BCUT2D eigenvalue weighted by atomic mass is 19.4. The van der Waals surface area contributed by atoms with Crippen molar-refractivity contribution in [3.05, 3.63) is 47.9 Å². The van der Waals surface area contributed by atoms with Gasteiger partial charge in [-0.1, -0.05) is 18.1 Å². The molecule has 0 radical (unpaired) electrons. The molecule has 9 nitrogen and oxygen atoms in total. The first-order valence-electron chi connectivity index (χ1n) is 10.2. The minimum absolute atomic E-state index is 0.311. The van der Waals surface area contributed by atoms with Crippen molar-refractivity contribution in [2.24, 2.45) is 0 Å². The number of anilines is 1. The molecular formula is C23H18F3N5O4. The zero-order valence-electron chi connectivity index (χ0n) is 18.4. The zero-order valence-corrected chi connectivity index (χ0v) is 18.4. The number of aromatic nitrogens is 3. The van der Waals surface area contributed by atoms with Gasteiger partial charge in [0.05, 0.1) is 35.8 Å². The topological polar surface area (TPSA) is 132 Å². The summed E-state index contributed by atoms with van der Waals surface area (Å²) in [5, 5.41) is 11.5. The Kier molecular flexibility index (Phi) is 5.82. The van der Waals surface area contributed by atoms with Crippen molar-refractivity contribution in [1.29, 1.82) is 0 Å². The van der Waals surface area contributed by atoms with Gasteiger partial charge in [-0.3, -0.25) is 9.78 Å². The number of pyridine rings is 1. The predicted octanol–water partition coefficient (Wildman–Crippen LogP) is 1.61. The number of esters is 1. The first-order valence-corrected chi connectivity index (χ1v) is 10.2. The van der Waals surface area contributed by atoms with Gasteiger partial charge in [0.2, 0.25) is 5.60 Å². The summed E-state index contributed by atoms with van der Waals surface area (Å²) in [6, 6.07) is 6.49. The molecule has 0 spiro atoms. The Balaban J connectivity index is 1.68. The lowest BCUT2D eigenvalue weighted by atomic mass is 9.99. The van der Waals surface area contributed by atoms with Crippen LogP contribution < -0.4 is 5.73 Å². The highest BCUT2D eigenvalue weighted by Crippen LogP contribution is 2.28. The maximum atomic E-state index is 12.6. The number of hydrogen-bond donors (Lipinski definition) is 2. The Bertz CT molecular complexity index is 1420. The average molecular weight is 485 g/mol. The van der Waals surface area contributed by atoms with Crippen LogP contribution >= 0.6 is 0 Å². The molecule has 1 unspecified atom stereocenters. The Morgan fingerprint density at radius 1 is 1.31 bits per heavy atom. The van der Waals surface area contributed by atoms with Crippen molar-refractivity contribution in [3.63, 3.8) is 0 Å². The molecule has 3 N–H and O–H groups in total. The SMILES string of the molecule is Cc1nc(-c2cccc(C#C[C@]3(O)C(=O)N(C)CC3OC(=O)C(F)(F)F)c2)nc2cncc(N)c12. The number of fused-ring (bicyclic) bond motifs is 1. The second-order valence-electron chi connectivity index (χ2n) is 7.93. The van der Waals surface area contributed by atoms with Gasteiger partial charge in [-0.25, -0.2) is 14.8 Å². The van der Waals surface area contributed by atoms with Crippen LogP contribution in [0.15, 0.2) is 36.7 Å². The van der Waals surface area contributed by atoms with Crippen LogP contribution in [-0.4, -0.2) is 68.3 Å². The minimum Gasteiger partial charge on any atom is -0.449 e. The number of halogens is 3. The number of nitrogen functional groups attached to an aromatic ring is 1. The fourth-order valence-electron chi connectivity index (χ4n) is 3.68. The number of rotatable bonds is 2. The molecule has 0 bridgehead atoms. The normalized spacial score (nSPS) is 20.0. The van der Waals surface area contributed by atoms with Gasteiger partial charge in [0.25, 0.3) is 5.91 Å². The summed E-state index contributed by atoms with van der Waals surface area (Å²) in [6.07, 6.45) is -4.06. The van der Waals surface area contributed by atoms with Gasteiger partial charge in [-0.15, -0.1) is 0 Å². The molecule has 1 aromatic carbocycles. The van der Waals surface area contributed by atoms with E-state index in [0.29, 0.717) is 39.2 Å². The Labute approximate surface area is 196 Å². The number of amides is 1. The molecule has 2 aromatic heterocycles. The van der Waals surface area contributed by atoms with Crippen molar-refractivity contribution < 1.29 is 32.6 Å². The number of benzene rings is 1. The number of likely N-dealkylation sites (N-methyl/N-ethyl adjacent to an activating group) is 1. The fraction of sp³-hybridized carbons (Fsp3) is 0.261. The molecule has 1 saturated heterocycles. The molecule has 3 heterocycles. The molecule has 1 aliphatic heterocycles. The molecule has 1 amide bonds. The molecule has 1 fully saturated rings. The molecule has 35 heavy (non-hydrogen) atoms. The second-order valence-corrected chi connectivity index (χ2v) is 7.93. The molecule has 0 saturated carbocycles. The van der Waals surface area contributed by atoms with E-state index in [1.165, 1.54) is 13.2 Å². The predicted molar refractivity (Wildman–Crippen MR) is 117 cm³/mol. The van der Waals surface area contributed by atoms with Crippen molar-refractivity contribution in [1.82, 2.24) is 19.9 Å².